The average Bonchev–Trinajstić information content (AvgIpc) is 3.33. The second kappa shape index (κ2) is 6.16. The molecule has 4 aromatic rings. The maximum atomic E-state index is 4.42. The van der Waals surface area contributed by atoms with E-state index in [0.29, 0.717) is 5.95 Å². The Labute approximate surface area is 144 Å². The molecule has 0 aliphatic carbocycles. The zero-order chi connectivity index (χ0) is 17.2. The van der Waals surface area contributed by atoms with Gasteiger partial charge in [0.25, 0.3) is 5.95 Å². The van der Waals surface area contributed by atoms with E-state index in [1.165, 1.54) is 0 Å². The third-order valence-electron chi connectivity index (χ3n) is 3.67. The molecule has 0 atom stereocenters. The van der Waals surface area contributed by atoms with E-state index >= 15 is 0 Å². The Balaban J connectivity index is 1.61. The van der Waals surface area contributed by atoms with Gasteiger partial charge in [-0.1, -0.05) is 18.2 Å². The lowest BCUT2D eigenvalue weighted by molar-refractivity contribution is 0.717. The average molecular weight is 332 g/mol. The molecule has 8 heteroatoms. The molecule has 0 aliphatic rings. The Bertz CT molecular complexity index is 1020. The molecule has 0 amide bonds. The van der Waals surface area contributed by atoms with Gasteiger partial charge in [0.15, 0.2) is 0 Å². The van der Waals surface area contributed by atoms with Gasteiger partial charge in [0, 0.05) is 17.5 Å². The number of nitrogens with zero attached hydrogens (tertiary/aromatic N) is 8. The van der Waals surface area contributed by atoms with Crippen molar-refractivity contribution in [3.8, 4) is 11.6 Å². The van der Waals surface area contributed by atoms with Crippen LogP contribution >= 0.6 is 0 Å². The Morgan fingerprint density at radius 2 is 1.96 bits per heavy atom. The molecule has 0 saturated heterocycles. The molecule has 1 aromatic carbocycles. The van der Waals surface area contributed by atoms with Crippen LogP contribution in [-0.4, -0.2) is 40.6 Å². The third kappa shape index (κ3) is 2.97. The first-order valence-corrected chi connectivity index (χ1v) is 7.79. The molecule has 25 heavy (non-hydrogen) atoms. The minimum atomic E-state index is 0.539. The number of benzene rings is 1. The highest BCUT2D eigenvalue weighted by atomic mass is 15.5. The Morgan fingerprint density at radius 1 is 1.12 bits per heavy atom. The van der Waals surface area contributed by atoms with Gasteiger partial charge in [0.05, 0.1) is 23.8 Å². The highest BCUT2D eigenvalue weighted by Crippen LogP contribution is 2.10. The summed E-state index contributed by atoms with van der Waals surface area (Å²) in [4.78, 5) is 0. The standard InChI is InChI=1S/C17H16N8/c1-13-8-14(2)25(22-13)17-21-18-12-24(17)20-10-15-9-19-23(11-15)16-6-4-3-5-7-16/h3-12H,1-2H3/b20-10-. The van der Waals surface area contributed by atoms with Crippen molar-refractivity contribution in [3.63, 3.8) is 0 Å². The van der Waals surface area contributed by atoms with Crippen LogP contribution in [0.2, 0.25) is 0 Å². The highest BCUT2D eigenvalue weighted by molar-refractivity contribution is 5.78. The second-order valence-corrected chi connectivity index (χ2v) is 5.61. The molecular weight excluding hydrogens is 316 g/mol. The van der Waals surface area contributed by atoms with Gasteiger partial charge in [0.2, 0.25) is 0 Å². The fourth-order valence-corrected chi connectivity index (χ4v) is 2.53. The first-order valence-electron chi connectivity index (χ1n) is 7.79. The zero-order valence-electron chi connectivity index (χ0n) is 13.9. The fourth-order valence-electron chi connectivity index (χ4n) is 2.53. The van der Waals surface area contributed by atoms with Gasteiger partial charge in [-0.05, 0) is 32.0 Å². The number of aryl methyl sites for hydroxylation is 2. The van der Waals surface area contributed by atoms with Gasteiger partial charge >= 0.3 is 0 Å². The minimum Gasteiger partial charge on any atom is -0.240 e. The SMILES string of the molecule is Cc1cc(C)n(-c2nncn2/N=C\c2cnn(-c3ccccc3)c2)n1. The van der Waals surface area contributed by atoms with Crippen molar-refractivity contribution in [3.05, 3.63) is 72.1 Å². The van der Waals surface area contributed by atoms with E-state index in [0.717, 1.165) is 22.6 Å². The number of para-hydroxylation sites is 1. The van der Waals surface area contributed by atoms with Crippen LogP contribution in [0.3, 0.4) is 0 Å². The van der Waals surface area contributed by atoms with E-state index in [-0.39, 0.29) is 0 Å². The summed E-state index contributed by atoms with van der Waals surface area (Å²) in [5, 5.41) is 21.2. The molecule has 0 aliphatic heterocycles. The molecule has 4 rings (SSSR count). The Hall–Kier alpha value is -3.55. The first kappa shape index (κ1) is 15.0. The normalized spacial score (nSPS) is 11.4. The largest absolute Gasteiger partial charge is 0.273 e. The second-order valence-electron chi connectivity index (χ2n) is 5.61. The summed E-state index contributed by atoms with van der Waals surface area (Å²) in [5.41, 5.74) is 3.76. The van der Waals surface area contributed by atoms with Crippen molar-refractivity contribution in [2.45, 2.75) is 13.8 Å². The van der Waals surface area contributed by atoms with Crippen LogP contribution in [0.4, 0.5) is 0 Å². The van der Waals surface area contributed by atoms with Crippen LogP contribution in [0.5, 0.6) is 0 Å². The molecule has 0 fully saturated rings. The van der Waals surface area contributed by atoms with E-state index in [1.807, 2.05) is 56.4 Å². The summed E-state index contributed by atoms with van der Waals surface area (Å²) in [5.74, 6) is 0.539. The first-order chi connectivity index (χ1) is 12.2. The molecule has 3 aromatic heterocycles. The molecular formula is C17H16N8. The van der Waals surface area contributed by atoms with Gasteiger partial charge in [-0.25, -0.2) is 9.36 Å². The number of hydrogen-bond acceptors (Lipinski definition) is 5. The number of hydrogen-bond donors (Lipinski definition) is 0. The molecule has 0 unspecified atom stereocenters. The predicted molar refractivity (Wildman–Crippen MR) is 93.2 cm³/mol. The summed E-state index contributed by atoms with van der Waals surface area (Å²) in [6.45, 7) is 3.90. The quantitative estimate of drug-likeness (QED) is 0.536. The summed E-state index contributed by atoms with van der Waals surface area (Å²) in [7, 11) is 0. The van der Waals surface area contributed by atoms with Crippen molar-refractivity contribution in [2.75, 3.05) is 0 Å². The van der Waals surface area contributed by atoms with Crippen LogP contribution in [0.25, 0.3) is 11.6 Å². The summed E-state index contributed by atoms with van der Waals surface area (Å²) >= 11 is 0. The van der Waals surface area contributed by atoms with Crippen LogP contribution in [0.15, 0.2) is 60.2 Å². The molecule has 0 spiro atoms. The minimum absolute atomic E-state index is 0.539. The zero-order valence-corrected chi connectivity index (χ0v) is 13.9. The van der Waals surface area contributed by atoms with Gasteiger partial charge in [-0.3, -0.25) is 0 Å². The fraction of sp³-hybridized carbons (Fsp3) is 0.118. The molecule has 0 saturated carbocycles. The topological polar surface area (TPSA) is 78.7 Å². The van der Waals surface area contributed by atoms with Gasteiger partial charge in [-0.15, -0.1) is 10.2 Å². The molecule has 3 heterocycles. The third-order valence-corrected chi connectivity index (χ3v) is 3.67. The lowest BCUT2D eigenvalue weighted by atomic mass is 10.3. The van der Waals surface area contributed by atoms with E-state index < -0.39 is 0 Å². The van der Waals surface area contributed by atoms with Gasteiger partial charge < -0.3 is 0 Å². The van der Waals surface area contributed by atoms with Crippen molar-refractivity contribution in [1.82, 2.24) is 34.4 Å². The lowest BCUT2D eigenvalue weighted by Gasteiger charge is -2.01. The Morgan fingerprint density at radius 3 is 2.72 bits per heavy atom. The molecule has 0 radical (unpaired) electrons. The summed E-state index contributed by atoms with van der Waals surface area (Å²) in [6, 6.07) is 11.9. The molecule has 0 N–H and O–H groups in total. The summed E-state index contributed by atoms with van der Waals surface area (Å²) in [6.07, 6.45) is 6.92. The van der Waals surface area contributed by atoms with Crippen LogP contribution in [0, 0.1) is 13.8 Å². The number of rotatable bonds is 4. The van der Waals surface area contributed by atoms with Crippen molar-refractivity contribution < 1.29 is 0 Å². The van der Waals surface area contributed by atoms with Crippen molar-refractivity contribution in [1.29, 1.82) is 0 Å². The maximum absolute atomic E-state index is 4.42. The van der Waals surface area contributed by atoms with E-state index in [4.69, 9.17) is 0 Å². The van der Waals surface area contributed by atoms with E-state index in [1.54, 1.807) is 32.8 Å². The maximum Gasteiger partial charge on any atom is 0.273 e. The van der Waals surface area contributed by atoms with Crippen LogP contribution < -0.4 is 0 Å². The van der Waals surface area contributed by atoms with Crippen molar-refractivity contribution >= 4 is 6.21 Å². The van der Waals surface area contributed by atoms with Crippen molar-refractivity contribution in [2.24, 2.45) is 5.10 Å². The van der Waals surface area contributed by atoms with E-state index in [9.17, 15) is 0 Å². The highest BCUT2D eigenvalue weighted by Gasteiger charge is 2.10. The molecule has 124 valence electrons. The van der Waals surface area contributed by atoms with E-state index in [2.05, 4.69) is 25.5 Å². The monoisotopic (exact) mass is 332 g/mol. The Kier molecular flexibility index (Phi) is 3.70. The van der Waals surface area contributed by atoms with Gasteiger partial charge in [0.1, 0.15) is 6.33 Å². The predicted octanol–water partition coefficient (Wildman–Crippen LogP) is 2.15. The van der Waals surface area contributed by atoms with Crippen LogP contribution in [-0.2, 0) is 0 Å². The summed E-state index contributed by atoms with van der Waals surface area (Å²) < 4.78 is 5.10. The van der Waals surface area contributed by atoms with Crippen LogP contribution in [0.1, 0.15) is 17.0 Å². The molecule has 8 nitrogen and oxygen atoms in total. The van der Waals surface area contributed by atoms with Gasteiger partial charge in [-0.2, -0.15) is 20.0 Å². The lowest BCUT2D eigenvalue weighted by Crippen LogP contribution is -2.06. The molecule has 0 bridgehead atoms. The smallest absolute Gasteiger partial charge is 0.240 e. The number of aromatic nitrogens is 7.